The van der Waals surface area contributed by atoms with E-state index in [9.17, 15) is 4.79 Å². The van der Waals surface area contributed by atoms with E-state index < -0.39 is 0 Å². The summed E-state index contributed by atoms with van der Waals surface area (Å²) in [7, 11) is 1.70. The quantitative estimate of drug-likeness (QED) is 0.322. The van der Waals surface area contributed by atoms with Crippen LogP contribution in [0.3, 0.4) is 0 Å². The molecule has 0 unspecified atom stereocenters. The summed E-state index contributed by atoms with van der Waals surface area (Å²) in [5, 5.41) is 6.13. The zero-order chi connectivity index (χ0) is 20.5. The Morgan fingerprint density at radius 2 is 1.97 bits per heavy atom. The number of hydrogen-bond donors (Lipinski definition) is 2. The van der Waals surface area contributed by atoms with Crippen molar-refractivity contribution >= 4 is 35.8 Å². The number of aliphatic imine (C=N–C) groups is 1. The highest BCUT2D eigenvalue weighted by atomic mass is 127. The number of halogens is 1. The van der Waals surface area contributed by atoms with Crippen LogP contribution in [0.1, 0.15) is 57.4 Å². The molecule has 3 rings (SSSR count). The van der Waals surface area contributed by atoms with Crippen LogP contribution < -0.4 is 15.4 Å². The van der Waals surface area contributed by atoms with Crippen molar-refractivity contribution in [3.63, 3.8) is 0 Å². The average molecular weight is 529 g/mol. The molecule has 2 aliphatic rings. The monoisotopic (exact) mass is 529 g/mol. The van der Waals surface area contributed by atoms with E-state index in [0.29, 0.717) is 25.0 Å². The van der Waals surface area contributed by atoms with Crippen molar-refractivity contribution in [1.82, 2.24) is 20.5 Å². The van der Waals surface area contributed by atoms with Gasteiger partial charge in [-0.3, -0.25) is 4.79 Å². The third-order valence-electron chi connectivity index (χ3n) is 5.80. The summed E-state index contributed by atoms with van der Waals surface area (Å²) in [6.45, 7) is 5.38. The van der Waals surface area contributed by atoms with Crippen LogP contribution in [0.4, 0.5) is 0 Å². The fourth-order valence-electron chi connectivity index (χ4n) is 4.06. The van der Waals surface area contributed by atoms with Gasteiger partial charge >= 0.3 is 0 Å². The number of nitrogens with zero attached hydrogens (tertiary/aromatic N) is 3. The molecule has 1 saturated carbocycles. The molecule has 1 aromatic rings. The topological polar surface area (TPSA) is 78.9 Å². The number of carbonyl (C=O) groups excluding carboxylic acids is 1. The minimum Gasteiger partial charge on any atom is -0.474 e. The molecule has 1 aliphatic heterocycles. The van der Waals surface area contributed by atoms with E-state index in [4.69, 9.17) is 9.73 Å². The molecule has 0 aromatic carbocycles. The number of ether oxygens (including phenoxy) is 1. The number of piperidine rings is 1. The predicted molar refractivity (Wildman–Crippen MR) is 130 cm³/mol. The van der Waals surface area contributed by atoms with E-state index in [2.05, 4.69) is 33.5 Å². The van der Waals surface area contributed by atoms with Crippen LogP contribution in [0.25, 0.3) is 0 Å². The second kappa shape index (κ2) is 13.0. The highest BCUT2D eigenvalue weighted by Gasteiger charge is 2.23. The van der Waals surface area contributed by atoms with E-state index in [0.717, 1.165) is 62.7 Å². The summed E-state index contributed by atoms with van der Waals surface area (Å²) in [5.74, 6) is 2.26. The van der Waals surface area contributed by atoms with Gasteiger partial charge in [0, 0.05) is 45.4 Å². The molecule has 30 heavy (non-hydrogen) atoms. The Morgan fingerprint density at radius 3 is 2.57 bits per heavy atom. The third-order valence-corrected chi connectivity index (χ3v) is 5.80. The van der Waals surface area contributed by atoms with Crippen LogP contribution in [-0.4, -0.2) is 54.5 Å². The Morgan fingerprint density at radius 1 is 1.23 bits per heavy atom. The van der Waals surface area contributed by atoms with Crippen molar-refractivity contribution in [2.24, 2.45) is 10.9 Å². The minimum atomic E-state index is 0. The summed E-state index contributed by atoms with van der Waals surface area (Å²) in [4.78, 5) is 23.2. The van der Waals surface area contributed by atoms with Crippen LogP contribution in [0, 0.1) is 5.92 Å². The maximum atomic E-state index is 11.6. The van der Waals surface area contributed by atoms with Gasteiger partial charge in [-0.15, -0.1) is 24.0 Å². The molecule has 0 bridgehead atoms. The molecule has 2 heterocycles. The van der Waals surface area contributed by atoms with Crippen molar-refractivity contribution in [3.8, 4) is 5.88 Å². The molecule has 2 fully saturated rings. The van der Waals surface area contributed by atoms with Crippen molar-refractivity contribution in [2.45, 2.75) is 64.5 Å². The lowest BCUT2D eigenvalue weighted by molar-refractivity contribution is -0.121. The van der Waals surface area contributed by atoms with E-state index >= 15 is 0 Å². The lowest BCUT2D eigenvalue weighted by atomic mass is 9.93. The van der Waals surface area contributed by atoms with E-state index in [-0.39, 0.29) is 29.9 Å². The Hall–Kier alpha value is -1.58. The van der Waals surface area contributed by atoms with Crippen molar-refractivity contribution in [1.29, 1.82) is 0 Å². The smallest absolute Gasteiger partial charge is 0.220 e. The molecule has 1 aromatic heterocycles. The molecule has 7 nitrogen and oxygen atoms in total. The highest BCUT2D eigenvalue weighted by Crippen LogP contribution is 2.23. The van der Waals surface area contributed by atoms with Crippen LogP contribution >= 0.6 is 24.0 Å². The lowest BCUT2D eigenvalue weighted by Gasteiger charge is -2.34. The van der Waals surface area contributed by atoms with E-state index in [1.54, 1.807) is 7.05 Å². The van der Waals surface area contributed by atoms with Crippen LogP contribution in [0.15, 0.2) is 23.3 Å². The maximum Gasteiger partial charge on any atom is 0.220 e. The molecule has 1 saturated heterocycles. The van der Waals surface area contributed by atoms with Gasteiger partial charge in [-0.05, 0) is 56.9 Å². The van der Waals surface area contributed by atoms with Gasteiger partial charge in [0.25, 0.3) is 0 Å². The molecule has 2 N–H and O–H groups in total. The molecule has 168 valence electrons. The summed E-state index contributed by atoms with van der Waals surface area (Å²) in [5.41, 5.74) is 1.08. The number of guanidine groups is 1. The molecule has 0 atom stereocenters. The molecule has 0 spiro atoms. The first-order chi connectivity index (χ1) is 14.2. The number of amides is 1. The molecular weight excluding hydrogens is 493 g/mol. The first kappa shape index (κ1) is 24.7. The van der Waals surface area contributed by atoms with Gasteiger partial charge in [0.2, 0.25) is 11.8 Å². The predicted octanol–water partition coefficient (Wildman–Crippen LogP) is 3.33. The highest BCUT2D eigenvalue weighted by molar-refractivity contribution is 14.0. The Kier molecular flexibility index (Phi) is 10.7. The number of carbonyl (C=O) groups is 1. The number of likely N-dealkylation sites (tertiary alicyclic amines) is 1. The molecule has 1 aliphatic carbocycles. The standard InChI is InChI=1S/C22H35N5O2.HI/c1-3-24-22(27-12-10-17(11-13-27)14-20(28)23-2)26-16-18-8-9-21(25-15-18)29-19-6-4-5-7-19;/h8-9,15,17,19H,3-7,10-14,16H2,1-2H3,(H,23,28)(H,24,26);1H. The van der Waals surface area contributed by atoms with Crippen molar-refractivity contribution in [2.75, 3.05) is 26.7 Å². The fourth-order valence-corrected chi connectivity index (χ4v) is 4.06. The van der Waals surface area contributed by atoms with Gasteiger partial charge in [-0.1, -0.05) is 6.07 Å². The second-order valence-corrected chi connectivity index (χ2v) is 8.01. The van der Waals surface area contributed by atoms with Gasteiger partial charge < -0.3 is 20.3 Å². The number of rotatable bonds is 7. The minimum absolute atomic E-state index is 0. The van der Waals surface area contributed by atoms with Crippen molar-refractivity contribution in [3.05, 3.63) is 23.9 Å². The van der Waals surface area contributed by atoms with E-state index in [1.165, 1.54) is 12.8 Å². The van der Waals surface area contributed by atoms with Gasteiger partial charge in [-0.2, -0.15) is 0 Å². The summed E-state index contributed by atoms with van der Waals surface area (Å²) >= 11 is 0. The summed E-state index contributed by atoms with van der Waals surface area (Å²) in [6, 6.07) is 4.01. The fraction of sp³-hybridized carbons (Fsp3) is 0.682. The zero-order valence-corrected chi connectivity index (χ0v) is 20.6. The SMILES string of the molecule is CCNC(=NCc1ccc(OC2CCCC2)nc1)N1CCC(CC(=O)NC)CC1.I. The first-order valence-electron chi connectivity index (χ1n) is 11.0. The molecular formula is C22H36IN5O2. The van der Waals surface area contributed by atoms with Gasteiger partial charge in [-0.25, -0.2) is 9.98 Å². The van der Waals surface area contributed by atoms with Crippen molar-refractivity contribution < 1.29 is 9.53 Å². The van der Waals surface area contributed by atoms with Gasteiger partial charge in [0.15, 0.2) is 5.96 Å². The molecule has 8 heteroatoms. The Labute approximate surface area is 197 Å². The summed E-state index contributed by atoms with van der Waals surface area (Å²) in [6.07, 6.45) is 9.66. The van der Waals surface area contributed by atoms with Crippen LogP contribution in [-0.2, 0) is 11.3 Å². The second-order valence-electron chi connectivity index (χ2n) is 8.01. The number of aromatic nitrogens is 1. The van der Waals surface area contributed by atoms with Gasteiger partial charge in [0.05, 0.1) is 6.54 Å². The number of hydrogen-bond acceptors (Lipinski definition) is 4. The first-order valence-corrected chi connectivity index (χ1v) is 11.0. The van der Waals surface area contributed by atoms with Crippen LogP contribution in [0.2, 0.25) is 0 Å². The maximum absolute atomic E-state index is 11.6. The normalized spacial score (nSPS) is 18.1. The average Bonchev–Trinajstić information content (AvgIpc) is 3.26. The Balaban J connectivity index is 0.00000320. The number of nitrogens with one attached hydrogen (secondary N) is 2. The third kappa shape index (κ3) is 7.59. The van der Waals surface area contributed by atoms with E-state index in [1.807, 2.05) is 12.3 Å². The molecule has 0 radical (unpaired) electrons. The number of pyridine rings is 1. The van der Waals surface area contributed by atoms with Gasteiger partial charge in [0.1, 0.15) is 6.10 Å². The lowest BCUT2D eigenvalue weighted by Crippen LogP contribution is -2.46. The van der Waals surface area contributed by atoms with Crippen LogP contribution in [0.5, 0.6) is 5.88 Å². The zero-order valence-electron chi connectivity index (χ0n) is 18.2. The Bertz CT molecular complexity index is 669. The summed E-state index contributed by atoms with van der Waals surface area (Å²) < 4.78 is 5.94. The largest absolute Gasteiger partial charge is 0.474 e. The molecule has 1 amide bonds.